The molecule has 0 aliphatic heterocycles. The highest BCUT2D eigenvalue weighted by atomic mass is 16.1. The molecular formula is C20H24N2O. The molecule has 0 atom stereocenters. The van der Waals surface area contributed by atoms with E-state index < -0.39 is 0 Å². The average Bonchev–Trinajstić information content (AvgIpc) is 2.60. The molecule has 3 heteroatoms. The summed E-state index contributed by atoms with van der Waals surface area (Å²) in [4.78, 5) is 14.3. The summed E-state index contributed by atoms with van der Waals surface area (Å²) in [6.45, 7) is 7.35. The van der Waals surface area contributed by atoms with Gasteiger partial charge in [-0.15, -0.1) is 0 Å². The van der Waals surface area contributed by atoms with Crippen molar-refractivity contribution in [3.05, 3.63) is 71.8 Å². The molecule has 3 nitrogen and oxygen atoms in total. The summed E-state index contributed by atoms with van der Waals surface area (Å²) < 4.78 is 0. The molecule has 0 bridgehead atoms. The van der Waals surface area contributed by atoms with Crippen LogP contribution in [0.5, 0.6) is 0 Å². The van der Waals surface area contributed by atoms with Gasteiger partial charge < -0.3 is 5.32 Å². The van der Waals surface area contributed by atoms with Crippen LogP contribution in [-0.2, 0) is 11.3 Å². The zero-order chi connectivity index (χ0) is 16.5. The molecular weight excluding hydrogens is 284 g/mol. The van der Waals surface area contributed by atoms with Gasteiger partial charge in [0.25, 0.3) is 0 Å². The first-order valence-corrected chi connectivity index (χ1v) is 8.06. The van der Waals surface area contributed by atoms with E-state index in [0.717, 1.165) is 30.9 Å². The third kappa shape index (κ3) is 5.72. The van der Waals surface area contributed by atoms with Crippen molar-refractivity contribution in [1.82, 2.24) is 4.90 Å². The Morgan fingerprint density at radius 3 is 2.26 bits per heavy atom. The molecule has 0 unspecified atom stereocenters. The van der Waals surface area contributed by atoms with Crippen molar-refractivity contribution in [1.29, 1.82) is 0 Å². The molecule has 0 aromatic heterocycles. The first-order chi connectivity index (χ1) is 11.2. The lowest BCUT2D eigenvalue weighted by atomic mass is 10.2. The fourth-order valence-electron chi connectivity index (χ4n) is 2.32. The van der Waals surface area contributed by atoms with Crippen LogP contribution in [0.4, 0.5) is 5.69 Å². The van der Waals surface area contributed by atoms with Gasteiger partial charge in [0.2, 0.25) is 5.91 Å². The van der Waals surface area contributed by atoms with E-state index in [-0.39, 0.29) is 5.91 Å². The lowest BCUT2D eigenvalue weighted by Crippen LogP contribution is -2.22. The van der Waals surface area contributed by atoms with Crippen LogP contribution in [-0.4, -0.2) is 23.9 Å². The second kappa shape index (κ2) is 8.91. The van der Waals surface area contributed by atoms with Gasteiger partial charge >= 0.3 is 0 Å². The van der Waals surface area contributed by atoms with E-state index in [9.17, 15) is 4.79 Å². The summed E-state index contributed by atoms with van der Waals surface area (Å²) in [5, 5.41) is 2.88. The number of hydrogen-bond donors (Lipinski definition) is 1. The molecule has 0 spiro atoms. The van der Waals surface area contributed by atoms with Gasteiger partial charge in [-0.05, 0) is 42.4 Å². The molecule has 0 saturated heterocycles. The maximum Gasteiger partial charge on any atom is 0.248 e. The van der Waals surface area contributed by atoms with Gasteiger partial charge in [0.05, 0.1) is 0 Å². The molecule has 0 heterocycles. The Bertz CT molecular complexity index is 628. The molecule has 1 N–H and O–H groups in total. The highest BCUT2D eigenvalue weighted by Gasteiger charge is 2.02. The summed E-state index contributed by atoms with van der Waals surface area (Å²) >= 11 is 0. The molecule has 0 fully saturated rings. The lowest BCUT2D eigenvalue weighted by molar-refractivity contribution is -0.111. The van der Waals surface area contributed by atoms with E-state index in [2.05, 4.69) is 36.2 Å². The summed E-state index contributed by atoms with van der Waals surface area (Å²) in [5.41, 5.74) is 3.08. The fraction of sp³-hybridized carbons (Fsp3) is 0.250. The molecule has 2 aromatic rings. The second-order valence-electron chi connectivity index (χ2n) is 5.39. The Balaban J connectivity index is 1.90. The van der Waals surface area contributed by atoms with Crippen LogP contribution in [0.25, 0.3) is 6.08 Å². The number of benzene rings is 2. The largest absolute Gasteiger partial charge is 0.323 e. The van der Waals surface area contributed by atoms with E-state index >= 15 is 0 Å². The van der Waals surface area contributed by atoms with E-state index in [1.807, 2.05) is 48.5 Å². The van der Waals surface area contributed by atoms with Crippen LogP contribution in [0.15, 0.2) is 60.7 Å². The third-order valence-corrected chi connectivity index (χ3v) is 3.75. The van der Waals surface area contributed by atoms with Crippen molar-refractivity contribution in [3.63, 3.8) is 0 Å². The number of amides is 1. The number of carbonyl (C=O) groups is 1. The Morgan fingerprint density at radius 2 is 1.65 bits per heavy atom. The van der Waals surface area contributed by atoms with E-state index in [1.54, 1.807) is 6.08 Å². The van der Waals surface area contributed by atoms with Gasteiger partial charge in [0.1, 0.15) is 0 Å². The van der Waals surface area contributed by atoms with Gasteiger partial charge in [-0.3, -0.25) is 9.69 Å². The van der Waals surface area contributed by atoms with Gasteiger partial charge in [-0.25, -0.2) is 0 Å². The summed E-state index contributed by atoms with van der Waals surface area (Å²) in [6.07, 6.45) is 3.36. The van der Waals surface area contributed by atoms with Crippen LogP contribution >= 0.6 is 0 Å². The Morgan fingerprint density at radius 1 is 1.00 bits per heavy atom. The molecule has 2 aromatic carbocycles. The smallest absolute Gasteiger partial charge is 0.248 e. The van der Waals surface area contributed by atoms with E-state index in [4.69, 9.17) is 0 Å². The molecule has 0 aliphatic rings. The molecule has 0 aliphatic carbocycles. The minimum Gasteiger partial charge on any atom is -0.323 e. The van der Waals surface area contributed by atoms with Crippen molar-refractivity contribution < 1.29 is 4.79 Å². The monoisotopic (exact) mass is 308 g/mol. The maximum absolute atomic E-state index is 11.9. The summed E-state index contributed by atoms with van der Waals surface area (Å²) in [6, 6.07) is 17.8. The predicted octanol–water partition coefficient (Wildman–Crippen LogP) is 4.18. The van der Waals surface area contributed by atoms with E-state index in [0.29, 0.717) is 0 Å². The number of nitrogens with zero attached hydrogens (tertiary/aromatic N) is 1. The molecule has 23 heavy (non-hydrogen) atoms. The first-order valence-electron chi connectivity index (χ1n) is 8.06. The molecule has 0 radical (unpaired) electrons. The van der Waals surface area contributed by atoms with Crippen LogP contribution in [0, 0.1) is 0 Å². The quantitative estimate of drug-likeness (QED) is 0.778. The Kier molecular flexibility index (Phi) is 6.57. The molecule has 120 valence electrons. The van der Waals surface area contributed by atoms with Crippen LogP contribution in [0.2, 0.25) is 0 Å². The molecule has 0 saturated carbocycles. The van der Waals surface area contributed by atoms with Crippen molar-refractivity contribution in [2.75, 3.05) is 18.4 Å². The maximum atomic E-state index is 11.9. The first kappa shape index (κ1) is 17.0. The van der Waals surface area contributed by atoms with Crippen molar-refractivity contribution in [2.45, 2.75) is 20.4 Å². The van der Waals surface area contributed by atoms with Crippen LogP contribution < -0.4 is 5.32 Å². The van der Waals surface area contributed by atoms with Crippen LogP contribution in [0.1, 0.15) is 25.0 Å². The van der Waals surface area contributed by atoms with Crippen molar-refractivity contribution in [3.8, 4) is 0 Å². The highest BCUT2D eigenvalue weighted by molar-refractivity contribution is 6.01. The standard InChI is InChI=1S/C20H24N2O/c1-3-22(4-2)16-18-10-13-19(14-11-18)21-20(23)15-12-17-8-6-5-7-9-17/h5-15H,3-4,16H2,1-2H3,(H,21,23)/b15-12+. The number of hydrogen-bond acceptors (Lipinski definition) is 2. The third-order valence-electron chi connectivity index (χ3n) is 3.75. The van der Waals surface area contributed by atoms with E-state index in [1.165, 1.54) is 5.56 Å². The van der Waals surface area contributed by atoms with Crippen molar-refractivity contribution in [2.24, 2.45) is 0 Å². The lowest BCUT2D eigenvalue weighted by Gasteiger charge is -2.18. The van der Waals surface area contributed by atoms with Gasteiger partial charge in [0.15, 0.2) is 0 Å². The minimum atomic E-state index is -0.120. The topological polar surface area (TPSA) is 32.3 Å². The Labute approximate surface area is 138 Å². The highest BCUT2D eigenvalue weighted by Crippen LogP contribution is 2.12. The summed E-state index contributed by atoms with van der Waals surface area (Å²) in [5.74, 6) is -0.120. The zero-order valence-electron chi connectivity index (χ0n) is 13.8. The normalized spacial score (nSPS) is 11.1. The average molecular weight is 308 g/mol. The predicted molar refractivity (Wildman–Crippen MR) is 97.2 cm³/mol. The number of nitrogens with one attached hydrogen (secondary N) is 1. The zero-order valence-corrected chi connectivity index (χ0v) is 13.8. The fourth-order valence-corrected chi connectivity index (χ4v) is 2.32. The SMILES string of the molecule is CCN(CC)Cc1ccc(NC(=O)/C=C/c2ccccc2)cc1. The van der Waals surface area contributed by atoms with Gasteiger partial charge in [-0.2, -0.15) is 0 Å². The van der Waals surface area contributed by atoms with Gasteiger partial charge in [0, 0.05) is 18.3 Å². The summed E-state index contributed by atoms with van der Waals surface area (Å²) in [7, 11) is 0. The number of rotatable bonds is 7. The van der Waals surface area contributed by atoms with Gasteiger partial charge in [-0.1, -0.05) is 56.3 Å². The number of carbonyl (C=O) groups excluding carboxylic acids is 1. The Hall–Kier alpha value is -2.39. The van der Waals surface area contributed by atoms with Crippen molar-refractivity contribution >= 4 is 17.7 Å². The molecule has 2 rings (SSSR count). The van der Waals surface area contributed by atoms with Crippen LogP contribution in [0.3, 0.4) is 0 Å². The molecule has 1 amide bonds. The minimum absolute atomic E-state index is 0.120. The second-order valence-corrected chi connectivity index (χ2v) is 5.39. The number of anilines is 1.